The molecular weight excluding hydrogens is 107 g/mol. The molecule has 0 N–H and O–H groups in total. The van der Waals surface area contributed by atoms with Crippen LogP contribution in [0.2, 0.25) is 0 Å². The average Bonchev–Trinajstić information content (AvgIpc) is 1.41. The van der Waals surface area contributed by atoms with Crippen LogP contribution >= 0.6 is 22.5 Å². The molecule has 0 rings (SSSR count). The third kappa shape index (κ3) is 4.63. The Morgan fingerprint density at radius 3 is 2.40 bits per heavy atom. The highest BCUT2D eigenvalue weighted by Gasteiger charge is 1.72. The van der Waals surface area contributed by atoms with Crippen LogP contribution in [0.15, 0.2) is 0 Å². The van der Waals surface area contributed by atoms with Gasteiger partial charge in [-0.2, -0.15) is 0 Å². The number of thiol groups is 1. The molecule has 3 heteroatoms. The first-order valence-electron chi connectivity index (χ1n) is 1.24. The molecule has 0 saturated carbocycles. The quantitative estimate of drug-likeness (QED) is 0.417. The van der Waals surface area contributed by atoms with Gasteiger partial charge in [0.05, 0.1) is 6.67 Å². The van der Waals surface area contributed by atoms with Crippen LogP contribution in [0.3, 0.4) is 0 Å². The van der Waals surface area contributed by atoms with Crippen molar-refractivity contribution in [3.05, 3.63) is 0 Å². The van der Waals surface area contributed by atoms with Crippen molar-refractivity contribution in [3.8, 4) is 0 Å². The van der Waals surface area contributed by atoms with E-state index in [2.05, 4.69) is 11.7 Å². The summed E-state index contributed by atoms with van der Waals surface area (Å²) >= 11 is 3.68. The van der Waals surface area contributed by atoms with Gasteiger partial charge in [0.2, 0.25) is 0 Å². The molecule has 0 heterocycles. The van der Waals surface area contributed by atoms with Crippen LogP contribution in [0.1, 0.15) is 0 Å². The molecule has 0 aromatic rings. The minimum atomic E-state index is -0.270. The molecule has 0 nitrogen and oxygen atoms in total. The van der Waals surface area contributed by atoms with E-state index in [4.69, 9.17) is 0 Å². The van der Waals surface area contributed by atoms with Gasteiger partial charge in [0.25, 0.3) is 0 Å². The predicted molar refractivity (Wildman–Crippen MR) is 27.4 cm³/mol. The summed E-state index contributed by atoms with van der Waals surface area (Å²) in [5.41, 5.74) is 0. The van der Waals surface area contributed by atoms with E-state index in [9.17, 15) is 4.39 Å². The largest absolute Gasteiger partial charge is 0.250 e. The molecule has 0 atom stereocenters. The molecule has 0 bridgehead atoms. The van der Waals surface area contributed by atoms with E-state index in [1.165, 1.54) is 10.8 Å². The van der Waals surface area contributed by atoms with Crippen LogP contribution in [0.4, 0.5) is 4.39 Å². The molecule has 0 saturated heterocycles. The second-order valence-electron chi connectivity index (χ2n) is 0.522. The molecule has 0 aliphatic rings. The molecule has 0 aromatic carbocycles. The Balaban J connectivity index is 2.19. The van der Waals surface area contributed by atoms with Crippen LogP contribution in [0.5, 0.6) is 0 Å². The summed E-state index contributed by atoms with van der Waals surface area (Å²) in [6.07, 6.45) is 0. The summed E-state index contributed by atoms with van der Waals surface area (Å²) in [4.78, 5) is 0. The fourth-order valence-corrected chi connectivity index (χ4v) is 0.311. The normalized spacial score (nSPS) is 8.40. The standard InChI is InChI=1S/C2H5FS2/c3-1-2-5-4/h4H,1-2H2. The Kier molecular flexibility index (Phi) is 5.21. The topological polar surface area (TPSA) is 0 Å². The first-order chi connectivity index (χ1) is 2.41. The zero-order valence-corrected chi connectivity index (χ0v) is 4.36. The highest BCUT2D eigenvalue weighted by Crippen LogP contribution is 2.01. The van der Waals surface area contributed by atoms with Gasteiger partial charge >= 0.3 is 0 Å². The van der Waals surface area contributed by atoms with Crippen molar-refractivity contribution in [2.75, 3.05) is 12.4 Å². The van der Waals surface area contributed by atoms with Gasteiger partial charge in [0.1, 0.15) is 0 Å². The lowest BCUT2D eigenvalue weighted by atomic mass is 10.9. The van der Waals surface area contributed by atoms with Crippen LogP contribution < -0.4 is 0 Å². The molecule has 0 aromatic heterocycles. The molecule has 0 unspecified atom stereocenters. The van der Waals surface area contributed by atoms with E-state index < -0.39 is 0 Å². The van der Waals surface area contributed by atoms with Crippen LogP contribution in [0.25, 0.3) is 0 Å². The maximum Gasteiger partial charge on any atom is 0.0993 e. The van der Waals surface area contributed by atoms with E-state index in [1.54, 1.807) is 0 Å². The van der Waals surface area contributed by atoms with Gasteiger partial charge in [-0.3, -0.25) is 4.39 Å². The molecule has 0 aliphatic carbocycles. The van der Waals surface area contributed by atoms with Gasteiger partial charge in [0.15, 0.2) is 0 Å². The van der Waals surface area contributed by atoms with E-state index in [1.807, 2.05) is 0 Å². The minimum absolute atomic E-state index is 0.270. The first-order valence-corrected chi connectivity index (χ1v) is 3.28. The van der Waals surface area contributed by atoms with Crippen LogP contribution in [0, 0.1) is 0 Å². The third-order valence-corrected chi connectivity index (χ3v) is 1.05. The summed E-state index contributed by atoms with van der Waals surface area (Å²) in [6.45, 7) is -0.270. The van der Waals surface area contributed by atoms with Crippen molar-refractivity contribution in [2.24, 2.45) is 0 Å². The van der Waals surface area contributed by atoms with Crippen LogP contribution in [-0.4, -0.2) is 12.4 Å². The smallest absolute Gasteiger partial charge is 0.0993 e. The highest BCUT2D eigenvalue weighted by atomic mass is 33.1. The fraction of sp³-hybridized carbons (Fsp3) is 1.00. The molecule has 5 heavy (non-hydrogen) atoms. The van der Waals surface area contributed by atoms with Crippen molar-refractivity contribution in [3.63, 3.8) is 0 Å². The van der Waals surface area contributed by atoms with Crippen molar-refractivity contribution in [1.29, 1.82) is 0 Å². The van der Waals surface area contributed by atoms with Crippen LogP contribution in [-0.2, 0) is 0 Å². The second kappa shape index (κ2) is 4.63. The molecule has 0 spiro atoms. The number of rotatable bonds is 2. The first kappa shape index (κ1) is 5.63. The molecule has 0 radical (unpaired) electrons. The summed E-state index contributed by atoms with van der Waals surface area (Å²) in [5.74, 6) is 0.503. The summed E-state index contributed by atoms with van der Waals surface area (Å²) in [7, 11) is 1.22. The Morgan fingerprint density at radius 2 is 2.40 bits per heavy atom. The van der Waals surface area contributed by atoms with E-state index in [0.29, 0.717) is 5.75 Å². The fourth-order valence-electron chi connectivity index (χ4n) is 0.0345. The third-order valence-electron chi connectivity index (χ3n) is 0.168. The predicted octanol–water partition coefficient (Wildman–Crippen LogP) is 1.53. The van der Waals surface area contributed by atoms with Gasteiger partial charge in [0, 0.05) is 5.75 Å². The lowest BCUT2D eigenvalue weighted by molar-refractivity contribution is 0.533. The maximum atomic E-state index is 10.9. The molecule has 0 aliphatic heterocycles. The van der Waals surface area contributed by atoms with Gasteiger partial charge < -0.3 is 0 Å². The average molecular weight is 112 g/mol. The van der Waals surface area contributed by atoms with Crippen molar-refractivity contribution in [2.45, 2.75) is 0 Å². The summed E-state index contributed by atoms with van der Waals surface area (Å²) < 4.78 is 10.9. The molecule has 0 fully saturated rings. The number of alkyl halides is 1. The Hall–Kier alpha value is 0.630. The number of hydrogen-bond donors (Lipinski definition) is 1. The SMILES string of the molecule is FCCSS. The lowest BCUT2D eigenvalue weighted by Crippen LogP contribution is -1.70. The number of halogens is 1. The zero-order valence-electron chi connectivity index (χ0n) is 2.65. The Morgan fingerprint density at radius 1 is 1.80 bits per heavy atom. The van der Waals surface area contributed by atoms with Gasteiger partial charge in [-0.05, 0) is 0 Å². The van der Waals surface area contributed by atoms with Crippen molar-refractivity contribution < 1.29 is 4.39 Å². The molecule has 32 valence electrons. The van der Waals surface area contributed by atoms with E-state index >= 15 is 0 Å². The molecule has 0 amide bonds. The van der Waals surface area contributed by atoms with Crippen molar-refractivity contribution >= 4 is 22.5 Å². The lowest BCUT2D eigenvalue weighted by Gasteiger charge is -1.76. The van der Waals surface area contributed by atoms with Crippen molar-refractivity contribution in [1.82, 2.24) is 0 Å². The van der Waals surface area contributed by atoms with E-state index in [-0.39, 0.29) is 6.67 Å². The van der Waals surface area contributed by atoms with E-state index in [0.717, 1.165) is 0 Å². The monoisotopic (exact) mass is 112 g/mol. The van der Waals surface area contributed by atoms with Gasteiger partial charge in [-0.25, -0.2) is 0 Å². The second-order valence-corrected chi connectivity index (χ2v) is 1.96. The van der Waals surface area contributed by atoms with Gasteiger partial charge in [-0.15, -0.1) is 11.7 Å². The summed E-state index contributed by atoms with van der Waals surface area (Å²) in [5, 5.41) is 0. The maximum absolute atomic E-state index is 10.9. The Labute approximate surface area is 39.9 Å². The molecular formula is C2H5FS2. The summed E-state index contributed by atoms with van der Waals surface area (Å²) in [6, 6.07) is 0. The minimum Gasteiger partial charge on any atom is -0.250 e. The number of hydrogen-bond acceptors (Lipinski definition) is 2. The highest BCUT2D eigenvalue weighted by molar-refractivity contribution is 8.68. The Bertz CT molecular complexity index is 15.1. The van der Waals surface area contributed by atoms with Gasteiger partial charge in [-0.1, -0.05) is 10.8 Å². The zero-order chi connectivity index (χ0) is 4.12.